The minimum absolute atomic E-state index is 0.0693. The molecule has 3 nitrogen and oxygen atoms in total. The van der Waals surface area contributed by atoms with Gasteiger partial charge in [0.05, 0.1) is 18.4 Å². The van der Waals surface area contributed by atoms with E-state index in [0.717, 1.165) is 28.1 Å². The Morgan fingerprint density at radius 3 is 2.34 bits per heavy atom. The molecule has 0 fully saturated rings. The number of fused-ring (bicyclic) bond motifs is 1. The van der Waals surface area contributed by atoms with Crippen LogP contribution >= 0.6 is 11.6 Å². The van der Waals surface area contributed by atoms with Crippen molar-refractivity contribution in [2.45, 2.75) is 0 Å². The van der Waals surface area contributed by atoms with Crippen molar-refractivity contribution in [3.05, 3.63) is 94.5 Å². The number of hydrogen-bond acceptors (Lipinski definition) is 2. The van der Waals surface area contributed by atoms with Gasteiger partial charge in [-0.15, -0.1) is 0 Å². The zero-order valence-electron chi connectivity index (χ0n) is 16.1. The number of nitrogens with zero attached hydrogens (tertiary/aromatic N) is 1. The van der Waals surface area contributed by atoms with Crippen molar-refractivity contribution >= 4 is 34.3 Å². The van der Waals surface area contributed by atoms with Crippen LogP contribution in [0.2, 0.25) is 5.02 Å². The number of hydrogen-bond donors (Lipinski definition) is 0. The van der Waals surface area contributed by atoms with Gasteiger partial charge < -0.3 is 9.64 Å². The second-order valence-electron chi connectivity index (χ2n) is 6.62. The van der Waals surface area contributed by atoms with E-state index in [1.807, 2.05) is 72.8 Å². The van der Waals surface area contributed by atoms with Crippen molar-refractivity contribution in [2.75, 3.05) is 19.1 Å². The van der Waals surface area contributed by atoms with Crippen LogP contribution in [0.3, 0.4) is 0 Å². The van der Waals surface area contributed by atoms with Crippen LogP contribution in [0.15, 0.2) is 72.8 Å². The molecule has 0 unspecified atom stereocenters. The molecule has 0 aromatic heterocycles. The van der Waals surface area contributed by atoms with Gasteiger partial charge in [0.1, 0.15) is 5.75 Å². The summed E-state index contributed by atoms with van der Waals surface area (Å²) in [5, 5.41) is 0.636. The molecule has 29 heavy (non-hydrogen) atoms. The van der Waals surface area contributed by atoms with E-state index in [9.17, 15) is 4.79 Å². The number of likely N-dealkylation sites (N-methyl/N-ethyl adjacent to an activating group) is 1. The van der Waals surface area contributed by atoms with Crippen LogP contribution < -0.4 is 9.64 Å². The first-order valence-corrected chi connectivity index (χ1v) is 9.50. The average Bonchev–Trinajstić information content (AvgIpc) is 3.01. The van der Waals surface area contributed by atoms with Gasteiger partial charge in [-0.25, -0.2) is 0 Å². The average molecular weight is 400 g/mol. The van der Waals surface area contributed by atoms with Crippen LogP contribution in [0.1, 0.15) is 16.7 Å². The van der Waals surface area contributed by atoms with Crippen molar-refractivity contribution in [1.29, 1.82) is 0 Å². The van der Waals surface area contributed by atoms with E-state index in [4.69, 9.17) is 16.3 Å². The Morgan fingerprint density at radius 2 is 1.66 bits per heavy atom. The molecule has 142 valence electrons. The van der Waals surface area contributed by atoms with Crippen LogP contribution in [-0.2, 0) is 4.79 Å². The third-order valence-electron chi connectivity index (χ3n) is 4.86. The van der Waals surface area contributed by atoms with E-state index in [-0.39, 0.29) is 5.91 Å². The smallest absolute Gasteiger partial charge is 0.260 e. The summed E-state index contributed by atoms with van der Waals surface area (Å²) in [6.45, 7) is 0. The standard InChI is InChI=1S/C25H18ClNO2/c1-27-23-6-4-3-5-22(23)24(25(27)28)21(18-10-12-19(26)13-11-18)16-9-17-7-14-20(29-2)15-8-17/h3-8,10-15H,1-2H3/b24-21-. The molecule has 0 N–H and O–H groups in total. The zero-order valence-corrected chi connectivity index (χ0v) is 16.8. The highest BCUT2D eigenvalue weighted by molar-refractivity contribution is 6.39. The minimum Gasteiger partial charge on any atom is -0.497 e. The number of carbonyl (C=O) groups is 1. The molecule has 1 aliphatic heterocycles. The number of methoxy groups -OCH3 is 1. The fourth-order valence-electron chi connectivity index (χ4n) is 3.32. The Bertz CT molecular complexity index is 1170. The summed E-state index contributed by atoms with van der Waals surface area (Å²) in [4.78, 5) is 14.8. The largest absolute Gasteiger partial charge is 0.497 e. The molecule has 4 rings (SSSR count). The molecule has 4 heteroatoms. The Balaban J connectivity index is 1.90. The first-order chi connectivity index (χ1) is 14.1. The third-order valence-corrected chi connectivity index (χ3v) is 5.11. The van der Waals surface area contributed by atoms with Crippen molar-refractivity contribution in [1.82, 2.24) is 0 Å². The maximum Gasteiger partial charge on any atom is 0.260 e. The number of ether oxygens (including phenoxy) is 1. The van der Waals surface area contributed by atoms with E-state index in [1.54, 1.807) is 19.1 Å². The SMILES string of the molecule is COc1ccc(C#C/C(=C2/C(=O)N(C)c3ccccc32)c2ccc(Cl)cc2)cc1. The molecule has 3 aromatic carbocycles. The first kappa shape index (κ1) is 18.9. The van der Waals surface area contributed by atoms with Crippen molar-refractivity contribution in [3.8, 4) is 17.6 Å². The van der Waals surface area contributed by atoms with Crippen LogP contribution in [0.4, 0.5) is 5.69 Å². The maximum atomic E-state index is 13.1. The molecule has 3 aromatic rings. The van der Waals surface area contributed by atoms with Crippen LogP contribution in [0, 0.1) is 11.8 Å². The van der Waals surface area contributed by atoms with Crippen LogP contribution in [0.5, 0.6) is 5.75 Å². The summed E-state index contributed by atoms with van der Waals surface area (Å²) < 4.78 is 5.20. The van der Waals surface area contributed by atoms with Crippen molar-refractivity contribution in [3.63, 3.8) is 0 Å². The lowest BCUT2D eigenvalue weighted by Gasteiger charge is -2.09. The quantitative estimate of drug-likeness (QED) is 0.433. The lowest BCUT2D eigenvalue weighted by Crippen LogP contribution is -2.20. The number of benzene rings is 3. The monoisotopic (exact) mass is 399 g/mol. The fourth-order valence-corrected chi connectivity index (χ4v) is 3.44. The highest BCUT2D eigenvalue weighted by Crippen LogP contribution is 2.39. The molecule has 0 bridgehead atoms. The minimum atomic E-state index is -0.0693. The number of para-hydroxylation sites is 1. The molecular weight excluding hydrogens is 382 g/mol. The lowest BCUT2D eigenvalue weighted by atomic mass is 9.95. The molecule has 0 saturated carbocycles. The summed E-state index contributed by atoms with van der Waals surface area (Å²) in [5.74, 6) is 7.13. The predicted octanol–water partition coefficient (Wildman–Crippen LogP) is 5.29. The first-order valence-electron chi connectivity index (χ1n) is 9.12. The molecule has 0 aliphatic carbocycles. The Hall–Kier alpha value is -3.48. The molecule has 0 spiro atoms. The third kappa shape index (κ3) is 3.63. The van der Waals surface area contributed by atoms with Gasteiger partial charge in [0, 0.05) is 28.8 Å². The van der Waals surface area contributed by atoms with E-state index < -0.39 is 0 Å². The normalized spacial score (nSPS) is 14.2. The van der Waals surface area contributed by atoms with Gasteiger partial charge in [-0.05, 0) is 48.0 Å². The molecule has 1 amide bonds. The summed E-state index contributed by atoms with van der Waals surface area (Å²) in [5.41, 5.74) is 4.73. The Kier molecular flexibility index (Phi) is 5.12. The molecule has 0 radical (unpaired) electrons. The van der Waals surface area contributed by atoms with Crippen molar-refractivity contribution < 1.29 is 9.53 Å². The number of halogens is 1. The van der Waals surface area contributed by atoms with Gasteiger partial charge in [0.25, 0.3) is 5.91 Å². The highest BCUT2D eigenvalue weighted by atomic mass is 35.5. The molecule has 0 saturated heterocycles. The summed E-state index contributed by atoms with van der Waals surface area (Å²) in [6, 6.07) is 22.7. The Morgan fingerprint density at radius 1 is 0.966 bits per heavy atom. The van der Waals surface area contributed by atoms with Gasteiger partial charge >= 0.3 is 0 Å². The van der Waals surface area contributed by atoms with E-state index in [2.05, 4.69) is 11.8 Å². The molecular formula is C25H18ClNO2. The zero-order chi connectivity index (χ0) is 20.4. The number of rotatable bonds is 2. The highest BCUT2D eigenvalue weighted by Gasteiger charge is 2.32. The fraction of sp³-hybridized carbons (Fsp3) is 0.0800. The van der Waals surface area contributed by atoms with Crippen LogP contribution in [-0.4, -0.2) is 20.1 Å². The number of amides is 1. The van der Waals surface area contributed by atoms with E-state index >= 15 is 0 Å². The molecule has 0 atom stereocenters. The lowest BCUT2D eigenvalue weighted by molar-refractivity contribution is -0.112. The second-order valence-corrected chi connectivity index (χ2v) is 7.05. The van der Waals surface area contributed by atoms with E-state index in [0.29, 0.717) is 16.2 Å². The van der Waals surface area contributed by atoms with Gasteiger partial charge in [-0.1, -0.05) is 53.8 Å². The summed E-state index contributed by atoms with van der Waals surface area (Å²) in [6.07, 6.45) is 0. The summed E-state index contributed by atoms with van der Waals surface area (Å²) in [7, 11) is 3.41. The van der Waals surface area contributed by atoms with E-state index in [1.165, 1.54) is 0 Å². The molecule has 1 aliphatic rings. The number of anilines is 1. The van der Waals surface area contributed by atoms with Crippen molar-refractivity contribution in [2.24, 2.45) is 0 Å². The van der Waals surface area contributed by atoms with Gasteiger partial charge in [0.15, 0.2) is 0 Å². The molecule has 1 heterocycles. The van der Waals surface area contributed by atoms with Gasteiger partial charge in [-0.3, -0.25) is 4.79 Å². The second kappa shape index (κ2) is 7.87. The van der Waals surface area contributed by atoms with Crippen LogP contribution in [0.25, 0.3) is 11.1 Å². The van der Waals surface area contributed by atoms with Gasteiger partial charge in [-0.2, -0.15) is 0 Å². The number of allylic oxidation sites excluding steroid dienone is 1. The summed E-state index contributed by atoms with van der Waals surface area (Å²) >= 11 is 6.07. The maximum absolute atomic E-state index is 13.1. The van der Waals surface area contributed by atoms with Gasteiger partial charge in [0.2, 0.25) is 0 Å². The Labute approximate surface area is 175 Å². The topological polar surface area (TPSA) is 29.5 Å². The predicted molar refractivity (Wildman–Crippen MR) is 118 cm³/mol. The number of carbonyl (C=O) groups excluding carboxylic acids is 1.